The van der Waals surface area contributed by atoms with E-state index in [2.05, 4.69) is 32.6 Å². The lowest BCUT2D eigenvalue weighted by molar-refractivity contribution is 0.183. The van der Waals surface area contributed by atoms with Gasteiger partial charge in [-0.05, 0) is 44.9 Å². The average molecular weight is 246 g/mol. The monoisotopic (exact) mass is 246 g/mol. The second-order valence-electron chi connectivity index (χ2n) is 5.50. The lowest BCUT2D eigenvalue weighted by Gasteiger charge is -2.12. The molecule has 0 fully saturated rings. The standard InChI is InChI=1S/C16H22O2/c1-12-8-9-13(11-15(12)18-5)14(17)7-6-10-16(2,3)4/h8-9,11,14,17H,7H2,1-5H3. The van der Waals surface area contributed by atoms with Gasteiger partial charge in [0.25, 0.3) is 0 Å². The van der Waals surface area contributed by atoms with Gasteiger partial charge in [0, 0.05) is 11.8 Å². The number of rotatable bonds is 3. The molecule has 1 aromatic carbocycles. The molecule has 2 heteroatoms. The highest BCUT2D eigenvalue weighted by molar-refractivity contribution is 5.37. The van der Waals surface area contributed by atoms with Crippen molar-refractivity contribution < 1.29 is 9.84 Å². The minimum atomic E-state index is -0.561. The molecule has 1 aromatic rings. The molecule has 0 aliphatic carbocycles. The summed E-state index contributed by atoms with van der Waals surface area (Å²) >= 11 is 0. The summed E-state index contributed by atoms with van der Waals surface area (Å²) in [6.07, 6.45) is -0.113. The Hall–Kier alpha value is -1.46. The molecule has 0 aromatic heterocycles. The highest BCUT2D eigenvalue weighted by atomic mass is 16.5. The molecule has 0 radical (unpaired) electrons. The van der Waals surface area contributed by atoms with Crippen molar-refractivity contribution in [3.63, 3.8) is 0 Å². The van der Waals surface area contributed by atoms with Gasteiger partial charge in [-0.25, -0.2) is 0 Å². The molecule has 0 spiro atoms. The number of benzene rings is 1. The Morgan fingerprint density at radius 1 is 1.33 bits per heavy atom. The fourth-order valence-corrected chi connectivity index (χ4v) is 1.57. The van der Waals surface area contributed by atoms with Crippen molar-refractivity contribution in [3.05, 3.63) is 29.3 Å². The number of aliphatic hydroxyl groups excluding tert-OH is 1. The van der Waals surface area contributed by atoms with Gasteiger partial charge in [0.2, 0.25) is 0 Å². The highest BCUT2D eigenvalue weighted by Gasteiger charge is 2.09. The van der Waals surface area contributed by atoms with Crippen LogP contribution in [0.4, 0.5) is 0 Å². The number of methoxy groups -OCH3 is 1. The third kappa shape index (κ3) is 4.43. The van der Waals surface area contributed by atoms with E-state index in [9.17, 15) is 5.11 Å². The highest BCUT2D eigenvalue weighted by Crippen LogP contribution is 2.24. The van der Waals surface area contributed by atoms with E-state index in [1.54, 1.807) is 7.11 Å². The molecule has 0 amide bonds. The maximum Gasteiger partial charge on any atom is 0.122 e. The van der Waals surface area contributed by atoms with Crippen LogP contribution in [0.3, 0.4) is 0 Å². The summed E-state index contributed by atoms with van der Waals surface area (Å²) in [7, 11) is 1.64. The summed E-state index contributed by atoms with van der Waals surface area (Å²) in [5.74, 6) is 6.96. The summed E-state index contributed by atoms with van der Waals surface area (Å²) in [6.45, 7) is 8.15. The predicted octanol–water partition coefficient (Wildman–Crippen LogP) is 3.48. The summed E-state index contributed by atoms with van der Waals surface area (Å²) in [4.78, 5) is 0. The predicted molar refractivity (Wildman–Crippen MR) is 74.5 cm³/mol. The van der Waals surface area contributed by atoms with Crippen LogP contribution in [0.25, 0.3) is 0 Å². The van der Waals surface area contributed by atoms with Gasteiger partial charge in [0.15, 0.2) is 0 Å². The van der Waals surface area contributed by atoms with Gasteiger partial charge in [-0.3, -0.25) is 0 Å². The van der Waals surface area contributed by atoms with Crippen LogP contribution >= 0.6 is 0 Å². The molecule has 1 unspecified atom stereocenters. The van der Waals surface area contributed by atoms with Gasteiger partial charge in [-0.1, -0.05) is 24.0 Å². The molecule has 2 nitrogen and oxygen atoms in total. The SMILES string of the molecule is COc1cc(C(O)CC#CC(C)(C)C)ccc1C. The average Bonchev–Trinajstić information content (AvgIpc) is 2.27. The first-order chi connectivity index (χ1) is 8.33. The van der Waals surface area contributed by atoms with Crippen LogP contribution in [-0.2, 0) is 0 Å². The van der Waals surface area contributed by atoms with Gasteiger partial charge in [-0.2, -0.15) is 0 Å². The van der Waals surface area contributed by atoms with Crippen LogP contribution in [0.1, 0.15) is 44.4 Å². The van der Waals surface area contributed by atoms with Gasteiger partial charge in [0.1, 0.15) is 5.75 Å². The fourth-order valence-electron chi connectivity index (χ4n) is 1.57. The molecule has 98 valence electrons. The Kier molecular flexibility index (Phi) is 4.81. The second kappa shape index (κ2) is 5.93. The van der Waals surface area contributed by atoms with Crippen LogP contribution in [0.2, 0.25) is 0 Å². The normalized spacial score (nSPS) is 12.6. The number of aryl methyl sites for hydroxylation is 1. The quantitative estimate of drug-likeness (QED) is 0.827. The minimum absolute atomic E-state index is 0.0231. The Bertz CT molecular complexity index is 458. The molecule has 1 atom stereocenters. The number of hydrogen-bond acceptors (Lipinski definition) is 2. The summed E-state index contributed by atoms with van der Waals surface area (Å²) in [5.41, 5.74) is 1.89. The lowest BCUT2D eigenvalue weighted by atomic mass is 9.97. The van der Waals surface area contributed by atoms with Crippen molar-refractivity contribution >= 4 is 0 Å². The third-order valence-corrected chi connectivity index (χ3v) is 2.58. The van der Waals surface area contributed by atoms with Crippen molar-refractivity contribution in [2.24, 2.45) is 5.41 Å². The minimum Gasteiger partial charge on any atom is -0.496 e. The van der Waals surface area contributed by atoms with Gasteiger partial charge in [0.05, 0.1) is 13.2 Å². The lowest BCUT2D eigenvalue weighted by Crippen LogP contribution is -2.01. The molecule has 1 N–H and O–H groups in total. The molecule has 0 aliphatic rings. The van der Waals surface area contributed by atoms with Crippen LogP contribution in [0, 0.1) is 24.2 Å². The van der Waals surface area contributed by atoms with Crippen LogP contribution in [0.15, 0.2) is 18.2 Å². The Morgan fingerprint density at radius 2 is 2.00 bits per heavy atom. The second-order valence-corrected chi connectivity index (χ2v) is 5.50. The zero-order valence-electron chi connectivity index (χ0n) is 11.9. The Labute approximate surface area is 110 Å². The molecule has 1 rings (SSSR count). The van der Waals surface area contributed by atoms with Gasteiger partial charge < -0.3 is 9.84 Å². The molecular weight excluding hydrogens is 224 g/mol. The fraction of sp³-hybridized carbons (Fsp3) is 0.500. The van der Waals surface area contributed by atoms with E-state index in [0.717, 1.165) is 16.9 Å². The summed E-state index contributed by atoms with van der Waals surface area (Å²) in [5, 5.41) is 10.1. The van der Waals surface area contributed by atoms with Gasteiger partial charge >= 0.3 is 0 Å². The van der Waals surface area contributed by atoms with E-state index in [0.29, 0.717) is 6.42 Å². The molecule has 18 heavy (non-hydrogen) atoms. The molecule has 0 saturated carbocycles. The Morgan fingerprint density at radius 3 is 2.56 bits per heavy atom. The van der Waals surface area contributed by atoms with Crippen molar-refractivity contribution in [1.29, 1.82) is 0 Å². The van der Waals surface area contributed by atoms with E-state index >= 15 is 0 Å². The molecule has 0 saturated heterocycles. The summed E-state index contributed by atoms with van der Waals surface area (Å²) < 4.78 is 5.25. The zero-order valence-corrected chi connectivity index (χ0v) is 11.9. The van der Waals surface area contributed by atoms with Crippen molar-refractivity contribution in [2.75, 3.05) is 7.11 Å². The maximum atomic E-state index is 10.1. The van der Waals surface area contributed by atoms with Crippen LogP contribution in [0.5, 0.6) is 5.75 Å². The van der Waals surface area contributed by atoms with E-state index < -0.39 is 6.10 Å². The first-order valence-electron chi connectivity index (χ1n) is 6.16. The van der Waals surface area contributed by atoms with Crippen molar-refractivity contribution in [3.8, 4) is 17.6 Å². The van der Waals surface area contributed by atoms with Crippen LogP contribution in [-0.4, -0.2) is 12.2 Å². The molecule has 0 aliphatic heterocycles. The van der Waals surface area contributed by atoms with Crippen LogP contribution < -0.4 is 4.74 Å². The largest absolute Gasteiger partial charge is 0.496 e. The van der Waals surface area contributed by atoms with E-state index in [-0.39, 0.29) is 5.41 Å². The zero-order chi connectivity index (χ0) is 13.8. The van der Waals surface area contributed by atoms with Crippen molar-refractivity contribution in [1.82, 2.24) is 0 Å². The molecular formula is C16H22O2. The Balaban J connectivity index is 2.78. The maximum absolute atomic E-state index is 10.1. The van der Waals surface area contributed by atoms with Crippen molar-refractivity contribution in [2.45, 2.75) is 40.2 Å². The molecule has 0 heterocycles. The third-order valence-electron chi connectivity index (χ3n) is 2.58. The van der Waals surface area contributed by atoms with E-state index in [1.807, 2.05) is 25.1 Å². The topological polar surface area (TPSA) is 29.5 Å². The molecule has 0 bridgehead atoms. The van der Waals surface area contributed by atoms with Gasteiger partial charge in [-0.15, -0.1) is 0 Å². The smallest absolute Gasteiger partial charge is 0.122 e. The van der Waals surface area contributed by atoms with E-state index in [1.165, 1.54) is 0 Å². The first-order valence-corrected chi connectivity index (χ1v) is 6.16. The first kappa shape index (κ1) is 14.6. The number of aliphatic hydroxyl groups is 1. The number of ether oxygens (including phenoxy) is 1. The van der Waals surface area contributed by atoms with E-state index in [4.69, 9.17) is 4.74 Å². The summed E-state index contributed by atoms with van der Waals surface area (Å²) in [6, 6.07) is 5.74. The number of hydrogen-bond donors (Lipinski definition) is 1.